The second-order valence-corrected chi connectivity index (χ2v) is 5.87. The topological polar surface area (TPSA) is 89.1 Å². The van der Waals surface area contributed by atoms with Gasteiger partial charge in [-0.1, -0.05) is 12.1 Å². The van der Waals surface area contributed by atoms with Crippen LogP contribution in [0.5, 0.6) is 5.88 Å². The highest BCUT2D eigenvalue weighted by Crippen LogP contribution is 2.16. The Morgan fingerprint density at radius 1 is 1.36 bits per heavy atom. The Kier molecular flexibility index (Phi) is 4.30. The van der Waals surface area contributed by atoms with E-state index in [1.54, 1.807) is 18.3 Å². The number of amides is 1. The van der Waals surface area contributed by atoms with Crippen LogP contribution in [0, 0.1) is 0 Å². The maximum Gasteiger partial charge on any atom is 0.251 e. The molecular formula is C18H18N4O3. The maximum absolute atomic E-state index is 12.4. The number of hydrogen-bond donors (Lipinski definition) is 2. The SMILES string of the molecule is O=C(NCc1nc2ccccc2[nH]1)c1ccnc(O[C@@H]2CCOC2)c1. The summed E-state index contributed by atoms with van der Waals surface area (Å²) in [5.41, 5.74) is 2.33. The smallest absolute Gasteiger partial charge is 0.251 e. The molecule has 0 radical (unpaired) electrons. The fourth-order valence-corrected chi connectivity index (χ4v) is 2.75. The third-order valence-corrected chi connectivity index (χ3v) is 4.03. The van der Waals surface area contributed by atoms with Gasteiger partial charge in [0.1, 0.15) is 11.9 Å². The molecule has 0 spiro atoms. The second kappa shape index (κ2) is 6.90. The molecule has 1 aromatic carbocycles. The summed E-state index contributed by atoms with van der Waals surface area (Å²) in [7, 11) is 0. The average Bonchev–Trinajstić information content (AvgIpc) is 3.29. The molecule has 128 valence electrons. The highest BCUT2D eigenvalue weighted by molar-refractivity contribution is 5.94. The Labute approximate surface area is 144 Å². The third kappa shape index (κ3) is 3.61. The van der Waals surface area contributed by atoms with Crippen LogP contribution in [-0.4, -0.2) is 40.2 Å². The molecule has 2 aromatic heterocycles. The van der Waals surface area contributed by atoms with E-state index in [-0.39, 0.29) is 12.0 Å². The largest absolute Gasteiger partial charge is 0.472 e. The molecule has 1 saturated heterocycles. The maximum atomic E-state index is 12.4. The van der Waals surface area contributed by atoms with E-state index in [0.29, 0.717) is 37.0 Å². The third-order valence-electron chi connectivity index (χ3n) is 4.03. The minimum Gasteiger partial charge on any atom is -0.472 e. The first-order valence-electron chi connectivity index (χ1n) is 8.20. The molecule has 7 heteroatoms. The zero-order chi connectivity index (χ0) is 17.1. The number of rotatable bonds is 5. The van der Waals surface area contributed by atoms with Crippen molar-refractivity contribution in [3.05, 3.63) is 54.0 Å². The number of para-hydroxylation sites is 2. The number of hydrogen-bond acceptors (Lipinski definition) is 5. The molecule has 0 aliphatic carbocycles. The van der Waals surface area contributed by atoms with E-state index in [1.165, 1.54) is 0 Å². The number of ether oxygens (including phenoxy) is 2. The summed E-state index contributed by atoms with van der Waals surface area (Å²) in [6, 6.07) is 11.1. The first-order chi connectivity index (χ1) is 12.3. The molecule has 4 rings (SSSR count). The molecule has 1 amide bonds. The van der Waals surface area contributed by atoms with Gasteiger partial charge in [-0.2, -0.15) is 0 Å². The molecule has 3 heterocycles. The van der Waals surface area contributed by atoms with Gasteiger partial charge >= 0.3 is 0 Å². The summed E-state index contributed by atoms with van der Waals surface area (Å²) >= 11 is 0. The van der Waals surface area contributed by atoms with E-state index in [4.69, 9.17) is 9.47 Å². The number of benzene rings is 1. The Balaban J connectivity index is 1.40. The minimum absolute atomic E-state index is 0.00126. The summed E-state index contributed by atoms with van der Waals surface area (Å²) in [6.45, 7) is 1.58. The van der Waals surface area contributed by atoms with Gasteiger partial charge in [-0.25, -0.2) is 9.97 Å². The normalized spacial score (nSPS) is 16.9. The summed E-state index contributed by atoms with van der Waals surface area (Å²) in [6.07, 6.45) is 2.41. The first-order valence-corrected chi connectivity index (χ1v) is 8.20. The second-order valence-electron chi connectivity index (χ2n) is 5.87. The van der Waals surface area contributed by atoms with Crippen LogP contribution in [-0.2, 0) is 11.3 Å². The predicted molar refractivity (Wildman–Crippen MR) is 91.4 cm³/mol. The van der Waals surface area contributed by atoms with Crippen molar-refractivity contribution in [2.24, 2.45) is 0 Å². The summed E-state index contributed by atoms with van der Waals surface area (Å²) in [4.78, 5) is 24.1. The number of carbonyl (C=O) groups is 1. The van der Waals surface area contributed by atoms with E-state index < -0.39 is 0 Å². The van der Waals surface area contributed by atoms with E-state index >= 15 is 0 Å². The number of aromatic amines is 1. The van der Waals surface area contributed by atoms with Crippen LogP contribution >= 0.6 is 0 Å². The fraction of sp³-hybridized carbons (Fsp3) is 0.278. The van der Waals surface area contributed by atoms with Crippen molar-refractivity contribution < 1.29 is 14.3 Å². The number of fused-ring (bicyclic) bond motifs is 1. The number of imidazole rings is 1. The van der Waals surface area contributed by atoms with E-state index in [0.717, 1.165) is 17.5 Å². The van der Waals surface area contributed by atoms with Gasteiger partial charge in [0.05, 0.1) is 30.8 Å². The fourth-order valence-electron chi connectivity index (χ4n) is 2.75. The lowest BCUT2D eigenvalue weighted by molar-refractivity contribution is 0.0948. The molecule has 7 nitrogen and oxygen atoms in total. The molecule has 2 N–H and O–H groups in total. The average molecular weight is 338 g/mol. The standard InChI is InChI=1S/C18H18N4O3/c23-18(20-10-16-21-14-3-1-2-4-15(14)22-16)12-5-7-19-17(9-12)25-13-6-8-24-11-13/h1-5,7,9,13H,6,8,10-11H2,(H,20,23)(H,21,22)/t13-/m1/s1. The molecular weight excluding hydrogens is 320 g/mol. The van der Waals surface area contributed by atoms with Crippen molar-refractivity contribution in [3.63, 3.8) is 0 Å². The monoisotopic (exact) mass is 338 g/mol. The molecule has 1 atom stereocenters. The molecule has 1 fully saturated rings. The Morgan fingerprint density at radius 3 is 3.12 bits per heavy atom. The van der Waals surface area contributed by atoms with Crippen LogP contribution in [0.1, 0.15) is 22.6 Å². The van der Waals surface area contributed by atoms with Gasteiger partial charge in [0.25, 0.3) is 5.91 Å². The van der Waals surface area contributed by atoms with Crippen LogP contribution in [0.4, 0.5) is 0 Å². The van der Waals surface area contributed by atoms with Crippen LogP contribution in [0.3, 0.4) is 0 Å². The highest BCUT2D eigenvalue weighted by atomic mass is 16.5. The Morgan fingerprint density at radius 2 is 2.28 bits per heavy atom. The van der Waals surface area contributed by atoms with Gasteiger partial charge in [0.15, 0.2) is 0 Å². The zero-order valence-electron chi connectivity index (χ0n) is 13.6. The number of carbonyl (C=O) groups excluding carboxylic acids is 1. The van der Waals surface area contributed by atoms with E-state index in [2.05, 4.69) is 20.3 Å². The van der Waals surface area contributed by atoms with Gasteiger partial charge in [-0.3, -0.25) is 4.79 Å². The first kappa shape index (κ1) is 15.6. The Bertz CT molecular complexity index is 854. The van der Waals surface area contributed by atoms with Gasteiger partial charge in [-0.05, 0) is 18.2 Å². The van der Waals surface area contributed by atoms with E-state index in [1.807, 2.05) is 24.3 Å². The van der Waals surface area contributed by atoms with Crippen molar-refractivity contribution in [2.45, 2.75) is 19.1 Å². The van der Waals surface area contributed by atoms with Crippen LogP contribution < -0.4 is 10.1 Å². The number of pyridine rings is 1. The molecule has 0 saturated carbocycles. The lowest BCUT2D eigenvalue weighted by atomic mass is 10.2. The van der Waals surface area contributed by atoms with Crippen molar-refractivity contribution in [1.82, 2.24) is 20.3 Å². The number of nitrogens with zero attached hydrogens (tertiary/aromatic N) is 2. The molecule has 0 unspecified atom stereocenters. The van der Waals surface area contributed by atoms with Gasteiger partial charge in [0.2, 0.25) is 5.88 Å². The molecule has 3 aromatic rings. The van der Waals surface area contributed by atoms with Gasteiger partial charge in [-0.15, -0.1) is 0 Å². The number of H-pyrrole nitrogens is 1. The minimum atomic E-state index is -0.199. The number of nitrogens with one attached hydrogen (secondary N) is 2. The van der Waals surface area contributed by atoms with Gasteiger partial charge < -0.3 is 19.8 Å². The highest BCUT2D eigenvalue weighted by Gasteiger charge is 2.18. The summed E-state index contributed by atoms with van der Waals surface area (Å²) in [5.74, 6) is 0.949. The molecule has 1 aliphatic heterocycles. The molecule has 25 heavy (non-hydrogen) atoms. The summed E-state index contributed by atoms with van der Waals surface area (Å²) in [5, 5.41) is 2.86. The molecule has 1 aliphatic rings. The van der Waals surface area contributed by atoms with Crippen LogP contribution in [0.2, 0.25) is 0 Å². The van der Waals surface area contributed by atoms with E-state index in [9.17, 15) is 4.79 Å². The summed E-state index contributed by atoms with van der Waals surface area (Å²) < 4.78 is 11.0. The van der Waals surface area contributed by atoms with Gasteiger partial charge in [0, 0.05) is 24.2 Å². The van der Waals surface area contributed by atoms with Crippen molar-refractivity contribution in [3.8, 4) is 5.88 Å². The zero-order valence-corrected chi connectivity index (χ0v) is 13.6. The van der Waals surface area contributed by atoms with Crippen molar-refractivity contribution >= 4 is 16.9 Å². The predicted octanol–water partition coefficient (Wildman–Crippen LogP) is 2.06. The lowest BCUT2D eigenvalue weighted by Crippen LogP contribution is -2.24. The van der Waals surface area contributed by atoms with Crippen molar-refractivity contribution in [1.29, 1.82) is 0 Å². The lowest BCUT2D eigenvalue weighted by Gasteiger charge is -2.11. The Hall–Kier alpha value is -2.93. The van der Waals surface area contributed by atoms with Crippen molar-refractivity contribution in [2.75, 3.05) is 13.2 Å². The quantitative estimate of drug-likeness (QED) is 0.743. The van der Waals surface area contributed by atoms with Crippen LogP contribution in [0.25, 0.3) is 11.0 Å². The number of aromatic nitrogens is 3. The molecule has 0 bridgehead atoms. The van der Waals surface area contributed by atoms with Crippen LogP contribution in [0.15, 0.2) is 42.6 Å².